The third-order valence-corrected chi connectivity index (χ3v) is 7.37. The van der Waals surface area contributed by atoms with Crippen LogP contribution in [-0.4, -0.2) is 71.5 Å². The van der Waals surface area contributed by atoms with Crippen LogP contribution >= 0.6 is 0 Å². The number of likely N-dealkylation sites (tertiary alicyclic amines) is 1. The van der Waals surface area contributed by atoms with Crippen molar-refractivity contribution in [1.29, 1.82) is 0 Å². The molecule has 0 radical (unpaired) electrons. The van der Waals surface area contributed by atoms with Gasteiger partial charge in [0.05, 0.1) is 11.9 Å². The predicted octanol–water partition coefficient (Wildman–Crippen LogP) is 0.212. The minimum Gasteiger partial charge on any atom is -0.372 e. The fourth-order valence-electron chi connectivity index (χ4n) is 4.17. The smallest absolute Gasteiger partial charge is 0.262 e. The van der Waals surface area contributed by atoms with Gasteiger partial charge < -0.3 is 14.2 Å². The van der Waals surface area contributed by atoms with Crippen molar-refractivity contribution in [3.8, 4) is 0 Å². The van der Waals surface area contributed by atoms with Gasteiger partial charge >= 0.3 is 0 Å². The van der Waals surface area contributed by atoms with Crippen molar-refractivity contribution < 1.29 is 17.9 Å². The zero-order valence-corrected chi connectivity index (χ0v) is 15.2. The quantitative estimate of drug-likeness (QED) is 0.742. The molecule has 3 saturated heterocycles. The van der Waals surface area contributed by atoms with E-state index in [9.17, 15) is 13.2 Å². The number of rotatable bonds is 5. The summed E-state index contributed by atoms with van der Waals surface area (Å²) in [6.45, 7) is 3.02. The third-order valence-electron chi connectivity index (χ3n) is 5.69. The molecule has 1 amide bonds. The average Bonchev–Trinajstić information content (AvgIpc) is 3.23. The van der Waals surface area contributed by atoms with E-state index in [-0.39, 0.29) is 16.5 Å². The van der Waals surface area contributed by atoms with Crippen LogP contribution in [0.15, 0.2) is 17.6 Å². The topological polar surface area (TPSA) is 84.7 Å². The molecule has 1 aromatic rings. The molecule has 4 rings (SSSR count). The van der Waals surface area contributed by atoms with Crippen molar-refractivity contribution >= 4 is 15.9 Å². The first-order valence-corrected chi connectivity index (χ1v) is 10.2. The van der Waals surface area contributed by atoms with E-state index in [4.69, 9.17) is 4.74 Å². The molecule has 0 bridgehead atoms. The molecule has 0 N–H and O–H groups in total. The number of nitrogens with zero attached hydrogens (tertiary/aromatic N) is 4. The average molecular weight is 368 g/mol. The van der Waals surface area contributed by atoms with Crippen molar-refractivity contribution in [2.45, 2.75) is 36.3 Å². The van der Waals surface area contributed by atoms with Gasteiger partial charge in [-0.3, -0.25) is 4.79 Å². The van der Waals surface area contributed by atoms with Crippen LogP contribution in [-0.2, 0) is 26.6 Å². The summed E-state index contributed by atoms with van der Waals surface area (Å²) in [5.41, 5.74) is -0.384. The van der Waals surface area contributed by atoms with Crippen molar-refractivity contribution in [1.82, 2.24) is 18.8 Å². The first-order chi connectivity index (χ1) is 11.9. The van der Waals surface area contributed by atoms with Gasteiger partial charge in [-0.1, -0.05) is 0 Å². The molecule has 3 aliphatic heterocycles. The highest BCUT2D eigenvalue weighted by Crippen LogP contribution is 2.43. The fraction of sp³-hybridized carbons (Fsp3) is 0.750. The van der Waals surface area contributed by atoms with E-state index in [1.54, 1.807) is 11.6 Å². The number of imidazole rings is 1. The molecular formula is C16H24N4O4S. The summed E-state index contributed by atoms with van der Waals surface area (Å²) in [7, 11) is -1.80. The molecule has 1 atom stereocenters. The number of hydrogen-bond donors (Lipinski definition) is 0. The number of hydrogen-bond acceptors (Lipinski definition) is 5. The summed E-state index contributed by atoms with van der Waals surface area (Å²) in [5, 5.41) is 0.0852. The van der Waals surface area contributed by atoms with Crippen LogP contribution in [0, 0.1) is 5.92 Å². The minimum atomic E-state index is -3.55. The zero-order chi connectivity index (χ0) is 17.7. The summed E-state index contributed by atoms with van der Waals surface area (Å²) < 4.78 is 34.3. The molecule has 0 aliphatic carbocycles. The van der Waals surface area contributed by atoms with E-state index in [2.05, 4.69) is 4.98 Å². The molecule has 25 heavy (non-hydrogen) atoms. The number of ether oxygens (including phenoxy) is 1. The highest BCUT2D eigenvalue weighted by Gasteiger charge is 2.56. The summed E-state index contributed by atoms with van der Waals surface area (Å²) in [6, 6.07) is 0. The Balaban J connectivity index is 1.39. The Morgan fingerprint density at radius 2 is 2.20 bits per heavy atom. The number of carbonyl (C=O) groups is 1. The Hall–Kier alpha value is -1.45. The standard InChI is InChI=1S/C16H24N4O4S/c1-18-9-14(17-12-18)25(22,23)20-10-16(11-20)13(5-8-24-16)4-7-19-6-2-3-15(19)21/h9,12-13H,2-8,10-11H2,1H3/t13-/m0/s1. The highest BCUT2D eigenvalue weighted by atomic mass is 32.2. The van der Waals surface area contributed by atoms with E-state index in [1.165, 1.54) is 16.8 Å². The van der Waals surface area contributed by atoms with E-state index in [0.29, 0.717) is 32.0 Å². The molecule has 4 heterocycles. The van der Waals surface area contributed by atoms with Gasteiger partial charge in [-0.25, -0.2) is 13.4 Å². The summed E-state index contributed by atoms with van der Waals surface area (Å²) in [6.07, 6.45) is 6.42. The van der Waals surface area contributed by atoms with Gasteiger partial charge in [-0.15, -0.1) is 0 Å². The van der Waals surface area contributed by atoms with E-state index < -0.39 is 10.0 Å². The van der Waals surface area contributed by atoms with Crippen molar-refractivity contribution in [2.24, 2.45) is 13.0 Å². The summed E-state index contributed by atoms with van der Waals surface area (Å²) in [4.78, 5) is 17.7. The Kier molecular flexibility index (Phi) is 4.12. The van der Waals surface area contributed by atoms with Gasteiger partial charge in [0.25, 0.3) is 10.0 Å². The van der Waals surface area contributed by atoms with Crippen LogP contribution in [0.3, 0.4) is 0 Å². The fourth-order valence-corrected chi connectivity index (χ4v) is 5.69. The van der Waals surface area contributed by atoms with Crippen LogP contribution in [0.4, 0.5) is 0 Å². The SMILES string of the molecule is Cn1cnc(S(=O)(=O)N2CC3(C2)OCC[C@@H]3CCN2CCCC2=O)c1. The Morgan fingerprint density at radius 1 is 1.40 bits per heavy atom. The van der Waals surface area contributed by atoms with Gasteiger partial charge in [0.2, 0.25) is 5.91 Å². The maximum absolute atomic E-state index is 12.6. The molecule has 0 unspecified atom stereocenters. The third kappa shape index (κ3) is 2.88. The lowest BCUT2D eigenvalue weighted by Crippen LogP contribution is -2.66. The van der Waals surface area contributed by atoms with Crippen LogP contribution in [0.5, 0.6) is 0 Å². The maximum atomic E-state index is 12.6. The molecule has 1 spiro atoms. The second kappa shape index (κ2) is 6.07. The van der Waals surface area contributed by atoms with Gasteiger partial charge in [0, 0.05) is 52.5 Å². The van der Waals surface area contributed by atoms with E-state index in [0.717, 1.165) is 32.4 Å². The summed E-state index contributed by atoms with van der Waals surface area (Å²) in [5.74, 6) is 0.539. The second-order valence-corrected chi connectivity index (χ2v) is 9.21. The number of carbonyl (C=O) groups excluding carboxylic acids is 1. The van der Waals surface area contributed by atoms with Gasteiger partial charge in [0.1, 0.15) is 0 Å². The zero-order valence-electron chi connectivity index (χ0n) is 14.4. The molecule has 3 aliphatic rings. The molecule has 0 saturated carbocycles. The Bertz CT molecular complexity index is 769. The lowest BCUT2D eigenvalue weighted by molar-refractivity contribution is -0.128. The maximum Gasteiger partial charge on any atom is 0.262 e. The largest absolute Gasteiger partial charge is 0.372 e. The minimum absolute atomic E-state index is 0.0852. The number of aromatic nitrogens is 2. The van der Waals surface area contributed by atoms with E-state index in [1.807, 2.05) is 4.90 Å². The first kappa shape index (κ1) is 17.0. The van der Waals surface area contributed by atoms with Crippen LogP contribution in [0.1, 0.15) is 25.7 Å². The van der Waals surface area contributed by atoms with Crippen molar-refractivity contribution in [2.75, 3.05) is 32.8 Å². The Morgan fingerprint density at radius 3 is 2.84 bits per heavy atom. The molecule has 0 aromatic carbocycles. The predicted molar refractivity (Wildman–Crippen MR) is 89.2 cm³/mol. The number of sulfonamides is 1. The highest BCUT2D eigenvalue weighted by molar-refractivity contribution is 7.89. The molecule has 9 heteroatoms. The molecule has 138 valence electrons. The van der Waals surface area contributed by atoms with Crippen molar-refractivity contribution in [3.05, 3.63) is 12.5 Å². The van der Waals surface area contributed by atoms with Gasteiger partial charge in [-0.2, -0.15) is 4.31 Å². The summed E-state index contributed by atoms with van der Waals surface area (Å²) >= 11 is 0. The lowest BCUT2D eigenvalue weighted by Gasteiger charge is -2.49. The molecule has 1 aromatic heterocycles. The van der Waals surface area contributed by atoms with Crippen LogP contribution in [0.2, 0.25) is 0 Å². The first-order valence-electron chi connectivity index (χ1n) is 8.81. The van der Waals surface area contributed by atoms with Crippen molar-refractivity contribution in [3.63, 3.8) is 0 Å². The Labute approximate surface area is 147 Å². The molecule has 8 nitrogen and oxygen atoms in total. The number of amides is 1. The normalized spacial score (nSPS) is 26.5. The van der Waals surface area contributed by atoms with E-state index >= 15 is 0 Å². The van der Waals surface area contributed by atoms with Crippen LogP contribution < -0.4 is 0 Å². The van der Waals surface area contributed by atoms with Gasteiger partial charge in [0.15, 0.2) is 5.03 Å². The number of aryl methyl sites for hydroxylation is 1. The monoisotopic (exact) mass is 368 g/mol. The molecule has 3 fully saturated rings. The van der Waals surface area contributed by atoms with Crippen LogP contribution in [0.25, 0.3) is 0 Å². The second-order valence-electron chi connectivity index (χ2n) is 7.32. The molecular weight excluding hydrogens is 344 g/mol. The lowest BCUT2D eigenvalue weighted by atomic mass is 9.80. The van der Waals surface area contributed by atoms with Gasteiger partial charge in [-0.05, 0) is 25.2 Å².